The predicted octanol–water partition coefficient (Wildman–Crippen LogP) is 3.70. The molecule has 0 saturated carbocycles. The Morgan fingerprint density at radius 3 is 2.03 bits per heavy atom. The summed E-state index contributed by atoms with van der Waals surface area (Å²) in [4.78, 5) is 24.0. The third-order valence-electron chi connectivity index (χ3n) is 3.70. The van der Waals surface area contributed by atoms with Crippen molar-refractivity contribution in [2.75, 3.05) is 47.4 Å². The highest BCUT2D eigenvalue weighted by molar-refractivity contribution is 5.72. The monoisotopic (exact) mass is 436 g/mol. The molecular weight excluding hydrogens is 384 g/mol. The van der Waals surface area contributed by atoms with Gasteiger partial charge in [-0.1, -0.05) is 28.7 Å². The van der Waals surface area contributed by atoms with Crippen molar-refractivity contribution in [3.05, 3.63) is 7.43 Å². The molecule has 0 bridgehead atoms. The number of carbonyl (C=O) groups excluding carboxylic acids is 2. The lowest BCUT2D eigenvalue weighted by atomic mass is 9.98. The van der Waals surface area contributed by atoms with Crippen LogP contribution in [0.2, 0.25) is 0 Å². The minimum atomic E-state index is -0.509. The molecular formula is C23H52N2O5. The zero-order valence-electron chi connectivity index (χ0n) is 19.5. The molecule has 30 heavy (non-hydrogen) atoms. The largest absolute Gasteiger partial charge is 0.464 e. The summed E-state index contributed by atoms with van der Waals surface area (Å²) in [5.74, 6) is -0.534. The Balaban J connectivity index is -0.00000113. The Kier molecular flexibility index (Phi) is 19.9. The summed E-state index contributed by atoms with van der Waals surface area (Å²) >= 11 is 0. The van der Waals surface area contributed by atoms with E-state index in [1.54, 1.807) is 0 Å². The number of ether oxygens (including phenoxy) is 3. The molecule has 0 radical (unpaired) electrons. The molecule has 2 N–H and O–H groups in total. The zero-order chi connectivity index (χ0) is 21.3. The van der Waals surface area contributed by atoms with Crippen molar-refractivity contribution in [1.82, 2.24) is 0 Å². The Hall–Kier alpha value is -1.18. The Morgan fingerprint density at radius 1 is 1.07 bits per heavy atom. The van der Waals surface area contributed by atoms with E-state index in [0.717, 1.165) is 0 Å². The first-order valence-corrected chi connectivity index (χ1v) is 9.74. The first-order chi connectivity index (χ1) is 12.2. The van der Waals surface area contributed by atoms with Gasteiger partial charge in [-0.25, -0.2) is 0 Å². The Bertz CT molecular complexity index is 455. The lowest BCUT2D eigenvalue weighted by molar-refractivity contribution is -0.873. The van der Waals surface area contributed by atoms with Gasteiger partial charge in [0, 0.05) is 13.2 Å². The molecule has 7 heteroatoms. The molecule has 0 heterocycles. The number of rotatable bonds is 12. The molecule has 7 nitrogen and oxygen atoms in total. The molecule has 0 spiro atoms. The van der Waals surface area contributed by atoms with E-state index in [9.17, 15) is 9.59 Å². The van der Waals surface area contributed by atoms with Crippen molar-refractivity contribution >= 4 is 11.9 Å². The van der Waals surface area contributed by atoms with Gasteiger partial charge in [0.2, 0.25) is 0 Å². The van der Waals surface area contributed by atoms with Crippen LogP contribution in [-0.2, 0) is 23.8 Å². The molecule has 0 aromatic heterocycles. The van der Waals surface area contributed by atoms with Gasteiger partial charge in [0.15, 0.2) is 0 Å². The summed E-state index contributed by atoms with van der Waals surface area (Å²) in [6.45, 7) is 11.2. The standard InChI is InChI=1S/C20H41N2O5.2CH4.CH3/c1-15(11-16(2)19(24)25-10-9-21)14-26-17(13-22(6,7)8)12-18(23)27-20(3,4)5;;;/h15-17H,9-14,21H2,1-8H3;2*1H4;1H3/q+1;;;-1. The van der Waals surface area contributed by atoms with Gasteiger partial charge in [0.25, 0.3) is 0 Å². The van der Waals surface area contributed by atoms with Gasteiger partial charge in [-0.05, 0) is 33.1 Å². The maximum Gasteiger partial charge on any atom is 0.309 e. The van der Waals surface area contributed by atoms with Crippen LogP contribution >= 0.6 is 0 Å². The summed E-state index contributed by atoms with van der Waals surface area (Å²) in [6.07, 6.45) is 0.641. The van der Waals surface area contributed by atoms with Crippen LogP contribution in [0.1, 0.15) is 62.3 Å². The molecule has 184 valence electrons. The highest BCUT2D eigenvalue weighted by Crippen LogP contribution is 2.17. The Morgan fingerprint density at radius 2 is 1.60 bits per heavy atom. The normalized spacial score (nSPS) is 14.2. The highest BCUT2D eigenvalue weighted by atomic mass is 16.6. The van der Waals surface area contributed by atoms with Crippen LogP contribution in [0.4, 0.5) is 0 Å². The lowest BCUT2D eigenvalue weighted by Crippen LogP contribution is -2.44. The molecule has 0 saturated heterocycles. The quantitative estimate of drug-likeness (QED) is 0.285. The fourth-order valence-corrected chi connectivity index (χ4v) is 2.73. The number of nitrogens with zero attached hydrogens (tertiary/aromatic N) is 1. The van der Waals surface area contributed by atoms with Crippen molar-refractivity contribution in [2.24, 2.45) is 17.6 Å². The van der Waals surface area contributed by atoms with Gasteiger partial charge in [-0.3, -0.25) is 9.59 Å². The third kappa shape index (κ3) is 20.1. The summed E-state index contributed by atoms with van der Waals surface area (Å²) in [7, 11) is 6.18. The Labute approximate surface area is 187 Å². The molecule has 0 rings (SSSR count). The average molecular weight is 437 g/mol. The predicted molar refractivity (Wildman–Crippen MR) is 126 cm³/mol. The molecule has 0 aromatic rings. The second-order valence-electron chi connectivity index (χ2n) is 9.42. The average Bonchev–Trinajstić information content (AvgIpc) is 2.46. The van der Waals surface area contributed by atoms with E-state index in [1.807, 2.05) is 34.6 Å². The van der Waals surface area contributed by atoms with E-state index >= 15 is 0 Å². The number of nitrogens with two attached hydrogens (primary N) is 1. The van der Waals surface area contributed by atoms with E-state index in [2.05, 4.69) is 21.1 Å². The van der Waals surface area contributed by atoms with Crippen LogP contribution in [0.5, 0.6) is 0 Å². The van der Waals surface area contributed by atoms with E-state index in [-0.39, 0.29) is 65.2 Å². The number of hydrogen-bond donors (Lipinski definition) is 1. The fourth-order valence-electron chi connectivity index (χ4n) is 2.73. The molecule has 0 amide bonds. The number of esters is 2. The minimum absolute atomic E-state index is 0. The second-order valence-corrected chi connectivity index (χ2v) is 9.42. The van der Waals surface area contributed by atoms with Crippen molar-refractivity contribution in [3.8, 4) is 0 Å². The van der Waals surface area contributed by atoms with Crippen LogP contribution in [0.25, 0.3) is 0 Å². The van der Waals surface area contributed by atoms with E-state index in [0.29, 0.717) is 30.6 Å². The second kappa shape index (κ2) is 16.5. The van der Waals surface area contributed by atoms with Crippen molar-refractivity contribution < 1.29 is 28.3 Å². The van der Waals surface area contributed by atoms with Gasteiger partial charge in [-0.15, -0.1) is 0 Å². The molecule has 3 atom stereocenters. The minimum Gasteiger partial charge on any atom is -0.464 e. The third-order valence-corrected chi connectivity index (χ3v) is 3.70. The van der Waals surface area contributed by atoms with Gasteiger partial charge in [0.05, 0.1) is 33.5 Å². The number of hydrogen-bond acceptors (Lipinski definition) is 6. The van der Waals surface area contributed by atoms with Crippen LogP contribution in [0, 0.1) is 19.3 Å². The number of carbonyl (C=O) groups is 2. The lowest BCUT2D eigenvalue weighted by Gasteiger charge is -2.30. The van der Waals surface area contributed by atoms with Gasteiger partial charge >= 0.3 is 11.9 Å². The maximum absolute atomic E-state index is 12.2. The van der Waals surface area contributed by atoms with E-state index in [4.69, 9.17) is 19.9 Å². The van der Waals surface area contributed by atoms with E-state index in [1.165, 1.54) is 0 Å². The van der Waals surface area contributed by atoms with Crippen molar-refractivity contribution in [1.29, 1.82) is 0 Å². The molecule has 0 aliphatic heterocycles. The van der Waals surface area contributed by atoms with Gasteiger partial charge < -0.3 is 31.9 Å². The smallest absolute Gasteiger partial charge is 0.309 e. The zero-order valence-corrected chi connectivity index (χ0v) is 19.5. The van der Waals surface area contributed by atoms with Crippen molar-refractivity contribution in [2.45, 2.75) is 74.0 Å². The van der Waals surface area contributed by atoms with Gasteiger partial charge in [0.1, 0.15) is 24.9 Å². The first-order valence-electron chi connectivity index (χ1n) is 9.74. The first kappa shape index (κ1) is 36.2. The van der Waals surface area contributed by atoms with Crippen LogP contribution in [0.15, 0.2) is 0 Å². The summed E-state index contributed by atoms with van der Waals surface area (Å²) in [5, 5.41) is 0. The summed E-state index contributed by atoms with van der Waals surface area (Å²) < 4.78 is 17.2. The maximum atomic E-state index is 12.2. The SMILES string of the molecule is C.C.CC(COC(CC(=O)OC(C)(C)C)C[N+](C)(C)C)CC(C)C(=O)OCCN.[CH3-]. The van der Waals surface area contributed by atoms with Crippen LogP contribution in [-0.4, -0.2) is 75.6 Å². The van der Waals surface area contributed by atoms with Crippen molar-refractivity contribution in [3.63, 3.8) is 0 Å². The highest BCUT2D eigenvalue weighted by Gasteiger charge is 2.26. The van der Waals surface area contributed by atoms with E-state index < -0.39 is 5.60 Å². The summed E-state index contributed by atoms with van der Waals surface area (Å²) in [6, 6.07) is 0. The van der Waals surface area contributed by atoms with Crippen LogP contribution < -0.4 is 5.73 Å². The molecule has 3 unspecified atom stereocenters. The molecule has 0 aliphatic rings. The van der Waals surface area contributed by atoms with Crippen LogP contribution in [0.3, 0.4) is 0 Å². The number of likely N-dealkylation sites (N-methyl/N-ethyl adjacent to an activating group) is 1. The van der Waals surface area contributed by atoms with Gasteiger partial charge in [-0.2, -0.15) is 0 Å². The topological polar surface area (TPSA) is 87.8 Å². The molecule has 0 fully saturated rings. The molecule has 0 aromatic carbocycles. The summed E-state index contributed by atoms with van der Waals surface area (Å²) in [5.41, 5.74) is 4.84. The number of quaternary nitrogens is 1. The molecule has 0 aliphatic carbocycles. The fraction of sp³-hybridized carbons (Fsp3) is 0.870.